The molecule has 0 unspecified atom stereocenters. The van der Waals surface area contributed by atoms with Gasteiger partial charge in [0.1, 0.15) is 5.75 Å². The number of hydrogen-bond donors (Lipinski definition) is 1. The molecule has 0 aliphatic carbocycles. The SMILES string of the molecule is CC[C@H](C)NC(=O)[C@@H]1Cc2ccccc2N2CCN(c3cccc(OC)c3)C[C@@H]12. The normalized spacial score (nSPS) is 21.8. The molecule has 0 aromatic heterocycles. The quantitative estimate of drug-likeness (QED) is 0.845. The number of amides is 1. The van der Waals surface area contributed by atoms with E-state index in [0.29, 0.717) is 0 Å². The molecule has 2 heterocycles. The minimum atomic E-state index is -0.0488. The van der Waals surface area contributed by atoms with Gasteiger partial charge in [0.2, 0.25) is 5.91 Å². The summed E-state index contributed by atoms with van der Waals surface area (Å²) in [6.45, 7) is 6.86. The summed E-state index contributed by atoms with van der Waals surface area (Å²) in [4.78, 5) is 18.0. The average molecular weight is 394 g/mol. The molecule has 5 nitrogen and oxygen atoms in total. The molecule has 0 bridgehead atoms. The van der Waals surface area contributed by atoms with E-state index < -0.39 is 0 Å². The Bertz CT molecular complexity index is 869. The van der Waals surface area contributed by atoms with Gasteiger partial charge >= 0.3 is 0 Å². The molecule has 2 aromatic rings. The van der Waals surface area contributed by atoms with Gasteiger partial charge in [-0.25, -0.2) is 0 Å². The van der Waals surface area contributed by atoms with Crippen molar-refractivity contribution in [3.63, 3.8) is 0 Å². The fourth-order valence-electron chi connectivity index (χ4n) is 4.55. The van der Waals surface area contributed by atoms with Crippen LogP contribution in [0.3, 0.4) is 0 Å². The zero-order chi connectivity index (χ0) is 20.4. The van der Waals surface area contributed by atoms with Crippen molar-refractivity contribution in [1.82, 2.24) is 5.32 Å². The van der Waals surface area contributed by atoms with Crippen LogP contribution in [0.25, 0.3) is 0 Å². The first-order valence-corrected chi connectivity index (χ1v) is 10.6. The Morgan fingerprint density at radius 2 is 2.03 bits per heavy atom. The topological polar surface area (TPSA) is 44.8 Å². The highest BCUT2D eigenvalue weighted by Gasteiger charge is 2.41. The third-order valence-corrected chi connectivity index (χ3v) is 6.38. The second-order valence-corrected chi connectivity index (χ2v) is 8.17. The monoisotopic (exact) mass is 393 g/mol. The molecule has 3 atom stereocenters. The third kappa shape index (κ3) is 3.91. The number of methoxy groups -OCH3 is 1. The number of ether oxygens (including phenoxy) is 1. The Kier molecular flexibility index (Phi) is 5.65. The largest absolute Gasteiger partial charge is 0.497 e. The highest BCUT2D eigenvalue weighted by Crippen LogP contribution is 2.37. The number of carbonyl (C=O) groups is 1. The number of nitrogens with one attached hydrogen (secondary N) is 1. The summed E-state index contributed by atoms with van der Waals surface area (Å²) in [5.74, 6) is 0.994. The van der Waals surface area contributed by atoms with Gasteiger partial charge in [-0.15, -0.1) is 0 Å². The summed E-state index contributed by atoms with van der Waals surface area (Å²) in [6.07, 6.45) is 1.74. The van der Waals surface area contributed by atoms with Crippen molar-refractivity contribution in [2.75, 3.05) is 36.5 Å². The van der Waals surface area contributed by atoms with E-state index in [9.17, 15) is 4.79 Å². The van der Waals surface area contributed by atoms with Crippen LogP contribution < -0.4 is 19.9 Å². The first kappa shape index (κ1) is 19.6. The summed E-state index contributed by atoms with van der Waals surface area (Å²) in [6, 6.07) is 17.1. The van der Waals surface area contributed by atoms with E-state index in [1.54, 1.807) is 7.11 Å². The van der Waals surface area contributed by atoms with Crippen LogP contribution in [0, 0.1) is 5.92 Å². The molecule has 0 radical (unpaired) electrons. The lowest BCUT2D eigenvalue weighted by atomic mass is 9.83. The molecule has 2 aliphatic rings. The highest BCUT2D eigenvalue weighted by molar-refractivity contribution is 5.82. The molecule has 0 saturated carbocycles. The highest BCUT2D eigenvalue weighted by atomic mass is 16.5. The van der Waals surface area contributed by atoms with Gasteiger partial charge in [-0.05, 0) is 43.5 Å². The molecule has 1 N–H and O–H groups in total. The van der Waals surface area contributed by atoms with Gasteiger partial charge in [0.25, 0.3) is 0 Å². The summed E-state index contributed by atoms with van der Waals surface area (Å²) in [7, 11) is 1.70. The lowest BCUT2D eigenvalue weighted by Gasteiger charge is -2.49. The number of para-hydroxylation sites is 1. The number of benzene rings is 2. The van der Waals surface area contributed by atoms with Crippen molar-refractivity contribution in [3.05, 3.63) is 54.1 Å². The smallest absolute Gasteiger partial charge is 0.225 e. The van der Waals surface area contributed by atoms with Gasteiger partial charge in [-0.1, -0.05) is 31.2 Å². The summed E-state index contributed by atoms with van der Waals surface area (Å²) >= 11 is 0. The number of piperazine rings is 1. The van der Waals surface area contributed by atoms with Crippen molar-refractivity contribution in [2.45, 2.75) is 38.8 Å². The number of anilines is 2. The number of hydrogen-bond acceptors (Lipinski definition) is 4. The number of rotatable bonds is 5. The van der Waals surface area contributed by atoms with E-state index in [4.69, 9.17) is 4.74 Å². The third-order valence-electron chi connectivity index (χ3n) is 6.38. The van der Waals surface area contributed by atoms with Crippen molar-refractivity contribution < 1.29 is 9.53 Å². The maximum absolute atomic E-state index is 13.2. The molecular weight excluding hydrogens is 362 g/mol. The minimum absolute atomic E-state index is 0.0488. The van der Waals surface area contributed by atoms with E-state index in [1.807, 2.05) is 12.1 Å². The van der Waals surface area contributed by atoms with Crippen LogP contribution in [0.5, 0.6) is 5.75 Å². The van der Waals surface area contributed by atoms with Crippen LogP contribution in [0.15, 0.2) is 48.5 Å². The molecule has 4 rings (SSSR count). The molecule has 1 saturated heterocycles. The summed E-state index contributed by atoms with van der Waals surface area (Å²) < 4.78 is 5.41. The standard InChI is InChI=1S/C24H31N3O2/c1-4-17(2)25-24(28)21-14-18-8-5-6-11-22(18)27-13-12-26(16-23(21)27)19-9-7-10-20(15-19)29-3/h5-11,15,17,21,23H,4,12-14,16H2,1-3H3,(H,25,28)/t17-,21+,23-/m0/s1. The Labute approximate surface area is 173 Å². The Morgan fingerprint density at radius 1 is 1.21 bits per heavy atom. The fourth-order valence-corrected chi connectivity index (χ4v) is 4.55. The van der Waals surface area contributed by atoms with Gasteiger partial charge < -0.3 is 19.9 Å². The summed E-state index contributed by atoms with van der Waals surface area (Å²) in [5, 5.41) is 3.23. The van der Waals surface area contributed by atoms with Crippen LogP contribution in [0.2, 0.25) is 0 Å². The second kappa shape index (κ2) is 8.36. The van der Waals surface area contributed by atoms with E-state index in [2.05, 4.69) is 65.4 Å². The second-order valence-electron chi connectivity index (χ2n) is 8.17. The molecule has 1 fully saturated rings. The molecular formula is C24H31N3O2. The van der Waals surface area contributed by atoms with Crippen molar-refractivity contribution in [1.29, 1.82) is 0 Å². The van der Waals surface area contributed by atoms with Gasteiger partial charge in [0.05, 0.1) is 19.1 Å². The lowest BCUT2D eigenvalue weighted by Crippen LogP contribution is -2.61. The van der Waals surface area contributed by atoms with E-state index in [-0.39, 0.29) is 23.9 Å². The Balaban J connectivity index is 1.63. The Morgan fingerprint density at radius 3 is 2.83 bits per heavy atom. The van der Waals surface area contributed by atoms with E-state index in [1.165, 1.54) is 11.3 Å². The van der Waals surface area contributed by atoms with Crippen LogP contribution in [-0.2, 0) is 11.2 Å². The van der Waals surface area contributed by atoms with Gasteiger partial charge in [-0.3, -0.25) is 4.79 Å². The average Bonchev–Trinajstić information content (AvgIpc) is 2.77. The van der Waals surface area contributed by atoms with Crippen molar-refractivity contribution in [3.8, 4) is 5.75 Å². The number of carbonyl (C=O) groups excluding carboxylic acids is 1. The molecule has 2 aliphatic heterocycles. The Hall–Kier alpha value is -2.69. The maximum atomic E-state index is 13.2. The summed E-state index contributed by atoms with van der Waals surface area (Å²) in [5.41, 5.74) is 3.72. The predicted molar refractivity (Wildman–Crippen MR) is 118 cm³/mol. The maximum Gasteiger partial charge on any atom is 0.225 e. The van der Waals surface area contributed by atoms with Gasteiger partial charge in [0, 0.05) is 43.1 Å². The molecule has 2 aromatic carbocycles. The zero-order valence-electron chi connectivity index (χ0n) is 17.6. The van der Waals surface area contributed by atoms with Crippen molar-refractivity contribution in [2.24, 2.45) is 5.92 Å². The fraction of sp³-hybridized carbons (Fsp3) is 0.458. The first-order valence-electron chi connectivity index (χ1n) is 10.6. The lowest BCUT2D eigenvalue weighted by molar-refractivity contribution is -0.126. The minimum Gasteiger partial charge on any atom is -0.497 e. The van der Waals surface area contributed by atoms with E-state index in [0.717, 1.165) is 43.9 Å². The van der Waals surface area contributed by atoms with Crippen LogP contribution in [0.4, 0.5) is 11.4 Å². The molecule has 29 heavy (non-hydrogen) atoms. The number of nitrogens with zero attached hydrogens (tertiary/aromatic N) is 2. The van der Waals surface area contributed by atoms with Crippen LogP contribution in [-0.4, -0.2) is 44.7 Å². The number of fused-ring (bicyclic) bond motifs is 3. The molecule has 1 amide bonds. The predicted octanol–water partition coefficient (Wildman–Crippen LogP) is 3.48. The van der Waals surface area contributed by atoms with E-state index >= 15 is 0 Å². The molecule has 5 heteroatoms. The van der Waals surface area contributed by atoms with Crippen LogP contribution in [0.1, 0.15) is 25.8 Å². The van der Waals surface area contributed by atoms with Gasteiger partial charge in [0.15, 0.2) is 0 Å². The zero-order valence-corrected chi connectivity index (χ0v) is 17.6. The van der Waals surface area contributed by atoms with Crippen LogP contribution >= 0.6 is 0 Å². The van der Waals surface area contributed by atoms with Crippen molar-refractivity contribution >= 4 is 17.3 Å². The first-order chi connectivity index (χ1) is 14.1. The van der Waals surface area contributed by atoms with Gasteiger partial charge in [-0.2, -0.15) is 0 Å². The molecule has 0 spiro atoms. The molecule has 154 valence electrons.